The van der Waals surface area contributed by atoms with Gasteiger partial charge >= 0.3 is 5.97 Å². The van der Waals surface area contributed by atoms with Gasteiger partial charge in [0.25, 0.3) is 0 Å². The number of hydrogen-bond donors (Lipinski definition) is 0. The van der Waals surface area contributed by atoms with Gasteiger partial charge in [-0.25, -0.2) is 0 Å². The number of benzene rings is 2. The van der Waals surface area contributed by atoms with Gasteiger partial charge < -0.3 is 4.74 Å². The highest BCUT2D eigenvalue weighted by Crippen LogP contribution is 2.41. The van der Waals surface area contributed by atoms with E-state index in [9.17, 15) is 4.79 Å². The second-order valence-electron chi connectivity index (χ2n) is 7.97. The molecular weight excluding hydrogens is 344 g/mol. The summed E-state index contributed by atoms with van der Waals surface area (Å²) >= 11 is 0. The second-order valence-corrected chi connectivity index (χ2v) is 7.97. The highest BCUT2D eigenvalue weighted by Gasteiger charge is 2.24. The van der Waals surface area contributed by atoms with E-state index in [1.54, 1.807) is 0 Å². The molecule has 0 saturated heterocycles. The summed E-state index contributed by atoms with van der Waals surface area (Å²) in [7, 11) is 0. The fourth-order valence-corrected chi connectivity index (χ4v) is 4.23. The van der Waals surface area contributed by atoms with Crippen LogP contribution in [0.1, 0.15) is 95.3 Å². The van der Waals surface area contributed by atoms with Gasteiger partial charge in [0.15, 0.2) is 0 Å². The van der Waals surface area contributed by atoms with Crippen molar-refractivity contribution in [3.8, 4) is 0 Å². The molecule has 0 spiro atoms. The maximum Gasteiger partial charge on any atom is 0.306 e. The van der Waals surface area contributed by atoms with E-state index in [-0.39, 0.29) is 12.1 Å². The van der Waals surface area contributed by atoms with Crippen LogP contribution in [-0.4, -0.2) is 5.97 Å². The Morgan fingerprint density at radius 2 is 1.61 bits per heavy atom. The number of allylic oxidation sites excluding steroid dienone is 1. The Bertz CT molecular complexity index is 813. The molecule has 3 rings (SSSR count). The van der Waals surface area contributed by atoms with E-state index >= 15 is 0 Å². The zero-order valence-electron chi connectivity index (χ0n) is 17.5. The maximum atomic E-state index is 12.2. The van der Waals surface area contributed by atoms with Gasteiger partial charge in [0.1, 0.15) is 6.10 Å². The maximum absolute atomic E-state index is 12.2. The van der Waals surface area contributed by atoms with Crippen LogP contribution in [0.2, 0.25) is 0 Å². The van der Waals surface area contributed by atoms with Crippen molar-refractivity contribution in [2.45, 2.75) is 84.2 Å². The second kappa shape index (κ2) is 10.5. The van der Waals surface area contributed by atoms with Crippen molar-refractivity contribution in [1.29, 1.82) is 0 Å². The van der Waals surface area contributed by atoms with Crippen molar-refractivity contribution < 1.29 is 9.53 Å². The van der Waals surface area contributed by atoms with Crippen LogP contribution in [0, 0.1) is 0 Å². The molecule has 0 amide bonds. The number of carbonyl (C=O) groups excluding carboxylic acids is 1. The third-order valence-corrected chi connectivity index (χ3v) is 5.70. The molecular formula is C26H34O2. The van der Waals surface area contributed by atoms with Gasteiger partial charge in [-0.05, 0) is 47.2 Å². The standard InChI is InChI=1S/C26H34O2/c1-3-5-6-7-8-9-10-14-21-19-24(28-25(27)13-4-2)23-18-12-16-20-15-11-17-22(21)26(20)23/h11-12,15-19,24H,3-10,13-14H2,1-2H3. The lowest BCUT2D eigenvalue weighted by Gasteiger charge is -2.25. The van der Waals surface area contributed by atoms with Gasteiger partial charge in [0.05, 0.1) is 0 Å². The van der Waals surface area contributed by atoms with Crippen molar-refractivity contribution >= 4 is 22.3 Å². The minimum atomic E-state index is -0.253. The van der Waals surface area contributed by atoms with E-state index in [4.69, 9.17) is 4.74 Å². The highest BCUT2D eigenvalue weighted by atomic mass is 16.5. The molecule has 0 saturated carbocycles. The molecule has 0 aliphatic heterocycles. The minimum Gasteiger partial charge on any atom is -0.453 e. The van der Waals surface area contributed by atoms with Crippen LogP contribution < -0.4 is 0 Å². The normalized spacial score (nSPS) is 15.5. The van der Waals surface area contributed by atoms with Gasteiger partial charge in [-0.15, -0.1) is 0 Å². The summed E-state index contributed by atoms with van der Waals surface area (Å²) in [4.78, 5) is 12.2. The first-order valence-corrected chi connectivity index (χ1v) is 11.2. The van der Waals surface area contributed by atoms with Crippen LogP contribution in [0.4, 0.5) is 0 Å². The third kappa shape index (κ3) is 5.04. The average Bonchev–Trinajstić information content (AvgIpc) is 2.70. The van der Waals surface area contributed by atoms with E-state index in [0.717, 1.165) is 18.4 Å². The van der Waals surface area contributed by atoms with Crippen molar-refractivity contribution in [1.82, 2.24) is 0 Å². The predicted molar refractivity (Wildman–Crippen MR) is 118 cm³/mol. The quantitative estimate of drug-likeness (QED) is 0.295. The molecule has 28 heavy (non-hydrogen) atoms. The topological polar surface area (TPSA) is 26.3 Å². The Labute approximate surface area is 170 Å². The monoisotopic (exact) mass is 378 g/mol. The molecule has 0 N–H and O–H groups in total. The molecule has 0 fully saturated rings. The molecule has 0 radical (unpaired) electrons. The fraction of sp³-hybridized carbons (Fsp3) is 0.500. The largest absolute Gasteiger partial charge is 0.453 e. The van der Waals surface area contributed by atoms with Crippen LogP contribution in [-0.2, 0) is 9.53 Å². The summed E-state index contributed by atoms with van der Waals surface area (Å²) in [6.45, 7) is 4.28. The molecule has 0 aromatic heterocycles. The molecule has 0 bridgehead atoms. The van der Waals surface area contributed by atoms with Gasteiger partial charge in [-0.1, -0.05) is 88.8 Å². The third-order valence-electron chi connectivity index (χ3n) is 5.70. The number of rotatable bonds is 11. The zero-order chi connectivity index (χ0) is 19.8. The predicted octanol–water partition coefficient (Wildman–Crippen LogP) is 7.76. The SMILES string of the molecule is CCCCCCCCCC1=CC(OC(=O)CCC)c2cccc3cccc1c23. The van der Waals surface area contributed by atoms with Gasteiger partial charge in [0.2, 0.25) is 0 Å². The van der Waals surface area contributed by atoms with Crippen molar-refractivity contribution in [2.24, 2.45) is 0 Å². The number of unbranched alkanes of at least 4 members (excludes halogenated alkanes) is 6. The molecule has 1 unspecified atom stereocenters. The Balaban J connectivity index is 1.75. The van der Waals surface area contributed by atoms with Crippen LogP contribution >= 0.6 is 0 Å². The molecule has 1 aliphatic rings. The number of carbonyl (C=O) groups is 1. The molecule has 2 aromatic rings. The smallest absolute Gasteiger partial charge is 0.306 e. The Morgan fingerprint density at radius 3 is 2.36 bits per heavy atom. The van der Waals surface area contributed by atoms with Crippen molar-refractivity contribution in [2.75, 3.05) is 0 Å². The van der Waals surface area contributed by atoms with E-state index in [1.165, 1.54) is 66.9 Å². The first kappa shape index (κ1) is 20.6. The summed E-state index contributed by atoms with van der Waals surface area (Å²) in [6, 6.07) is 12.9. The summed E-state index contributed by atoms with van der Waals surface area (Å²) in [5.41, 5.74) is 3.79. The van der Waals surface area contributed by atoms with Gasteiger partial charge in [0, 0.05) is 12.0 Å². The molecule has 2 aromatic carbocycles. The summed E-state index contributed by atoms with van der Waals surface area (Å²) in [6.07, 6.45) is 13.5. The Morgan fingerprint density at radius 1 is 0.893 bits per heavy atom. The molecule has 2 heteroatoms. The van der Waals surface area contributed by atoms with Crippen LogP contribution in [0.5, 0.6) is 0 Å². The van der Waals surface area contributed by atoms with E-state index < -0.39 is 0 Å². The van der Waals surface area contributed by atoms with E-state index in [2.05, 4.69) is 49.4 Å². The first-order chi connectivity index (χ1) is 13.7. The number of hydrogen-bond acceptors (Lipinski definition) is 2. The van der Waals surface area contributed by atoms with Crippen molar-refractivity contribution in [3.05, 3.63) is 53.6 Å². The minimum absolute atomic E-state index is 0.101. The number of ether oxygens (including phenoxy) is 1. The first-order valence-electron chi connectivity index (χ1n) is 11.2. The summed E-state index contributed by atoms with van der Waals surface area (Å²) in [5.74, 6) is -0.101. The molecule has 2 nitrogen and oxygen atoms in total. The fourth-order valence-electron chi connectivity index (χ4n) is 4.23. The molecule has 0 heterocycles. The lowest BCUT2D eigenvalue weighted by molar-refractivity contribution is -0.147. The zero-order valence-corrected chi connectivity index (χ0v) is 17.5. The average molecular weight is 379 g/mol. The molecule has 150 valence electrons. The lowest BCUT2D eigenvalue weighted by atomic mass is 9.84. The molecule has 1 atom stereocenters. The van der Waals surface area contributed by atoms with Gasteiger partial charge in [-0.3, -0.25) is 4.79 Å². The lowest BCUT2D eigenvalue weighted by Crippen LogP contribution is -2.13. The van der Waals surface area contributed by atoms with Crippen molar-refractivity contribution in [3.63, 3.8) is 0 Å². The van der Waals surface area contributed by atoms with E-state index in [1.807, 2.05) is 6.92 Å². The summed E-state index contributed by atoms with van der Waals surface area (Å²) < 4.78 is 5.87. The number of esters is 1. The van der Waals surface area contributed by atoms with E-state index in [0.29, 0.717) is 6.42 Å². The van der Waals surface area contributed by atoms with Crippen LogP contribution in [0.25, 0.3) is 16.3 Å². The van der Waals surface area contributed by atoms with Gasteiger partial charge in [-0.2, -0.15) is 0 Å². The van der Waals surface area contributed by atoms with Crippen LogP contribution in [0.15, 0.2) is 42.5 Å². The van der Waals surface area contributed by atoms with Crippen LogP contribution in [0.3, 0.4) is 0 Å². The Kier molecular flexibility index (Phi) is 7.71. The molecule has 1 aliphatic carbocycles. The summed E-state index contributed by atoms with van der Waals surface area (Å²) in [5, 5.41) is 2.50. The Hall–Kier alpha value is -2.09. The highest BCUT2D eigenvalue weighted by molar-refractivity contribution is 5.98.